The molecule has 1 aliphatic rings. The smallest absolute Gasteiger partial charge is 0.243 e. The number of morpholine rings is 1. The summed E-state index contributed by atoms with van der Waals surface area (Å²) in [4.78, 5) is 0.358. The van der Waals surface area contributed by atoms with Gasteiger partial charge in [-0.1, -0.05) is 63.4 Å². The molecule has 1 aromatic carbocycles. The second-order valence-corrected chi connectivity index (χ2v) is 8.02. The number of sulfonamides is 1. The largest absolute Gasteiger partial charge is 0.371 e. The van der Waals surface area contributed by atoms with Crippen molar-refractivity contribution in [2.45, 2.75) is 17.1 Å². The third-order valence-corrected chi connectivity index (χ3v) is 6.74. The van der Waals surface area contributed by atoms with Crippen LogP contribution in [0, 0.1) is 0 Å². The third-order valence-electron chi connectivity index (χ3n) is 2.92. The molecule has 19 heavy (non-hydrogen) atoms. The van der Waals surface area contributed by atoms with Gasteiger partial charge in [-0.3, -0.25) is 0 Å². The summed E-state index contributed by atoms with van der Waals surface area (Å²) in [6.07, 6.45) is -0.0415. The highest BCUT2D eigenvalue weighted by molar-refractivity contribution is 14.1. The summed E-state index contributed by atoms with van der Waals surface area (Å²) in [5.41, 5.74) is 0. The first kappa shape index (κ1) is 15.9. The van der Waals surface area contributed by atoms with Crippen LogP contribution in [-0.2, 0) is 14.8 Å². The van der Waals surface area contributed by atoms with Crippen molar-refractivity contribution in [1.82, 2.24) is 4.31 Å². The van der Waals surface area contributed by atoms with Crippen LogP contribution in [0.5, 0.6) is 0 Å². The minimum absolute atomic E-state index is 0.0207. The Labute approximate surface area is 141 Å². The fraction of sp³-hybridized carbons (Fsp3) is 0.500. The lowest BCUT2D eigenvalue weighted by Gasteiger charge is -2.36. The van der Waals surface area contributed by atoms with Crippen molar-refractivity contribution >= 4 is 55.2 Å². The number of hydrogen-bond acceptors (Lipinski definition) is 3. The summed E-state index contributed by atoms with van der Waals surface area (Å²) in [7, 11) is -3.40. The molecule has 0 N–H and O–H groups in total. The molecular formula is C12H15I2NO3S. The molecule has 2 atom stereocenters. The molecule has 0 amide bonds. The SMILES string of the molecule is O=S(=O)(c1ccccc1)N1C[C@H](CI)O[C@@H](CI)C1. The van der Waals surface area contributed by atoms with E-state index in [-0.39, 0.29) is 12.2 Å². The molecule has 0 spiro atoms. The molecule has 0 bridgehead atoms. The van der Waals surface area contributed by atoms with Gasteiger partial charge in [0.15, 0.2) is 0 Å². The van der Waals surface area contributed by atoms with Crippen molar-refractivity contribution < 1.29 is 13.2 Å². The Hall–Kier alpha value is 0.550. The van der Waals surface area contributed by atoms with Gasteiger partial charge in [0.2, 0.25) is 10.0 Å². The Balaban J connectivity index is 2.24. The van der Waals surface area contributed by atoms with Gasteiger partial charge >= 0.3 is 0 Å². The first-order valence-corrected chi connectivity index (χ1v) is 10.4. The Morgan fingerprint density at radius 3 is 2.11 bits per heavy atom. The second-order valence-electron chi connectivity index (χ2n) is 4.32. The molecule has 0 saturated carbocycles. The van der Waals surface area contributed by atoms with Crippen molar-refractivity contribution in [3.8, 4) is 0 Å². The fourth-order valence-corrected chi connectivity index (χ4v) is 4.49. The maximum atomic E-state index is 12.6. The molecule has 0 unspecified atom stereocenters. The molecule has 2 rings (SSSR count). The average molecular weight is 507 g/mol. The van der Waals surface area contributed by atoms with Crippen LogP contribution in [0.4, 0.5) is 0 Å². The molecule has 1 saturated heterocycles. The topological polar surface area (TPSA) is 46.6 Å². The van der Waals surface area contributed by atoms with Gasteiger partial charge in [-0.15, -0.1) is 0 Å². The zero-order valence-electron chi connectivity index (χ0n) is 10.2. The van der Waals surface area contributed by atoms with Gasteiger partial charge in [0, 0.05) is 21.9 Å². The molecule has 1 heterocycles. The number of alkyl halides is 2. The number of rotatable bonds is 4. The lowest BCUT2D eigenvalue weighted by Crippen LogP contribution is -2.51. The molecule has 4 nitrogen and oxygen atoms in total. The Bertz CT molecular complexity index is 497. The van der Waals surface area contributed by atoms with Crippen LogP contribution in [0.2, 0.25) is 0 Å². The fourth-order valence-electron chi connectivity index (χ4n) is 2.00. The Morgan fingerprint density at radius 1 is 1.11 bits per heavy atom. The highest BCUT2D eigenvalue weighted by atomic mass is 127. The van der Waals surface area contributed by atoms with E-state index in [1.54, 1.807) is 28.6 Å². The lowest BCUT2D eigenvalue weighted by molar-refractivity contribution is -0.0364. The molecule has 106 valence electrons. The van der Waals surface area contributed by atoms with Crippen molar-refractivity contribution in [2.75, 3.05) is 21.9 Å². The standard InChI is InChI=1S/C12H15I2NO3S/c13-6-10-8-15(9-11(7-14)18-10)19(16,17)12-4-2-1-3-5-12/h1-5,10-11H,6-9H2/t10-,11-/m0/s1. The van der Waals surface area contributed by atoms with Crippen LogP contribution in [-0.4, -0.2) is 46.9 Å². The molecule has 0 radical (unpaired) electrons. The van der Waals surface area contributed by atoms with Gasteiger partial charge in [0.05, 0.1) is 17.1 Å². The predicted molar refractivity (Wildman–Crippen MR) is 91.6 cm³/mol. The van der Waals surface area contributed by atoms with E-state index in [0.717, 1.165) is 8.86 Å². The Kier molecular flexibility index (Phi) is 5.88. The first-order chi connectivity index (χ1) is 9.07. The lowest BCUT2D eigenvalue weighted by atomic mass is 10.3. The van der Waals surface area contributed by atoms with Gasteiger partial charge in [0.25, 0.3) is 0 Å². The monoisotopic (exact) mass is 507 g/mol. The molecule has 0 aromatic heterocycles. The van der Waals surface area contributed by atoms with E-state index in [9.17, 15) is 8.42 Å². The highest BCUT2D eigenvalue weighted by Crippen LogP contribution is 2.22. The summed E-state index contributed by atoms with van der Waals surface area (Å²) < 4.78 is 34.1. The van der Waals surface area contributed by atoms with Crippen molar-refractivity contribution in [3.05, 3.63) is 30.3 Å². The summed E-state index contributed by atoms with van der Waals surface area (Å²) in [5.74, 6) is 0. The van der Waals surface area contributed by atoms with Gasteiger partial charge in [-0.05, 0) is 12.1 Å². The van der Waals surface area contributed by atoms with Crippen LogP contribution < -0.4 is 0 Å². The van der Waals surface area contributed by atoms with Crippen LogP contribution in [0.3, 0.4) is 0 Å². The number of hydrogen-bond donors (Lipinski definition) is 0. The van der Waals surface area contributed by atoms with Crippen molar-refractivity contribution in [3.63, 3.8) is 0 Å². The minimum Gasteiger partial charge on any atom is -0.371 e. The van der Waals surface area contributed by atoms with E-state index in [2.05, 4.69) is 45.2 Å². The predicted octanol–water partition coefficient (Wildman–Crippen LogP) is 2.31. The van der Waals surface area contributed by atoms with Crippen LogP contribution in [0.25, 0.3) is 0 Å². The molecule has 1 aromatic rings. The minimum atomic E-state index is -3.40. The zero-order valence-corrected chi connectivity index (χ0v) is 15.3. The molecule has 1 fully saturated rings. The number of halogens is 2. The average Bonchev–Trinajstić information content (AvgIpc) is 2.47. The van der Waals surface area contributed by atoms with E-state index < -0.39 is 10.0 Å². The number of benzene rings is 1. The molecular weight excluding hydrogens is 492 g/mol. The third kappa shape index (κ3) is 3.80. The van der Waals surface area contributed by atoms with E-state index in [4.69, 9.17) is 4.74 Å². The van der Waals surface area contributed by atoms with E-state index >= 15 is 0 Å². The van der Waals surface area contributed by atoms with Gasteiger partial charge in [0.1, 0.15) is 0 Å². The normalized spacial score (nSPS) is 25.4. The highest BCUT2D eigenvalue weighted by Gasteiger charge is 2.34. The summed E-state index contributed by atoms with van der Waals surface area (Å²) in [6, 6.07) is 8.60. The van der Waals surface area contributed by atoms with E-state index in [1.807, 2.05) is 6.07 Å². The van der Waals surface area contributed by atoms with Crippen LogP contribution in [0.1, 0.15) is 0 Å². The van der Waals surface area contributed by atoms with E-state index in [1.165, 1.54) is 0 Å². The molecule has 1 aliphatic heterocycles. The zero-order chi connectivity index (χ0) is 13.9. The number of nitrogens with zero attached hydrogens (tertiary/aromatic N) is 1. The maximum absolute atomic E-state index is 12.6. The van der Waals surface area contributed by atoms with Gasteiger partial charge in [-0.2, -0.15) is 4.31 Å². The second kappa shape index (κ2) is 7.01. The first-order valence-electron chi connectivity index (χ1n) is 5.90. The summed E-state index contributed by atoms with van der Waals surface area (Å²) in [5, 5.41) is 0. The molecule has 0 aliphatic carbocycles. The van der Waals surface area contributed by atoms with Crippen molar-refractivity contribution in [2.24, 2.45) is 0 Å². The van der Waals surface area contributed by atoms with Crippen LogP contribution >= 0.6 is 45.2 Å². The summed E-state index contributed by atoms with van der Waals surface area (Å²) in [6.45, 7) is 0.876. The Morgan fingerprint density at radius 2 is 1.63 bits per heavy atom. The van der Waals surface area contributed by atoms with E-state index in [0.29, 0.717) is 18.0 Å². The van der Waals surface area contributed by atoms with Gasteiger partial charge < -0.3 is 4.74 Å². The maximum Gasteiger partial charge on any atom is 0.243 e. The van der Waals surface area contributed by atoms with Crippen LogP contribution in [0.15, 0.2) is 35.2 Å². The summed E-state index contributed by atoms with van der Waals surface area (Å²) >= 11 is 4.47. The number of ether oxygens (including phenoxy) is 1. The van der Waals surface area contributed by atoms with Gasteiger partial charge in [-0.25, -0.2) is 8.42 Å². The molecule has 7 heteroatoms. The quantitative estimate of drug-likeness (QED) is 0.465. The van der Waals surface area contributed by atoms with Crippen molar-refractivity contribution in [1.29, 1.82) is 0 Å².